The molecule has 1 atom stereocenters. The quantitative estimate of drug-likeness (QED) is 0.846. The van der Waals surface area contributed by atoms with Gasteiger partial charge in [-0.15, -0.1) is 0 Å². The molecule has 1 saturated heterocycles. The monoisotopic (exact) mass is 314 g/mol. The number of halogens is 2. The first-order valence-corrected chi connectivity index (χ1v) is 7.47. The van der Waals surface area contributed by atoms with E-state index in [-0.39, 0.29) is 24.2 Å². The first-order valence-electron chi connectivity index (χ1n) is 7.09. The molecule has 3 N–H and O–H groups in total. The highest BCUT2D eigenvalue weighted by Crippen LogP contribution is 2.22. The molecule has 0 aromatic heterocycles. The zero-order valence-corrected chi connectivity index (χ0v) is 12.5. The van der Waals surface area contributed by atoms with Gasteiger partial charge in [0.05, 0.1) is 0 Å². The minimum atomic E-state index is -0.351. The lowest BCUT2D eigenvalue weighted by Gasteiger charge is -2.30. The maximum absolute atomic E-state index is 13.8. The van der Waals surface area contributed by atoms with Crippen LogP contribution in [0.25, 0.3) is 0 Å². The summed E-state index contributed by atoms with van der Waals surface area (Å²) in [5, 5.41) is 3.63. The van der Waals surface area contributed by atoms with Crippen molar-refractivity contribution in [3.8, 4) is 0 Å². The largest absolute Gasteiger partial charge is 0.381 e. The van der Waals surface area contributed by atoms with Crippen LogP contribution in [0.5, 0.6) is 0 Å². The van der Waals surface area contributed by atoms with Gasteiger partial charge in [-0.25, -0.2) is 4.39 Å². The van der Waals surface area contributed by atoms with Crippen molar-refractivity contribution < 1.29 is 13.9 Å². The van der Waals surface area contributed by atoms with E-state index in [1.807, 2.05) is 0 Å². The predicted octanol–water partition coefficient (Wildman–Crippen LogP) is 2.24. The number of nitrogens with two attached hydrogens (primary N) is 1. The van der Waals surface area contributed by atoms with E-state index in [0.29, 0.717) is 36.3 Å². The highest BCUT2D eigenvalue weighted by Gasteiger charge is 2.25. The number of ether oxygens (including phenoxy) is 1. The summed E-state index contributed by atoms with van der Waals surface area (Å²) in [6, 6.07) is 4.53. The molecule has 0 unspecified atom stereocenters. The second kappa shape index (κ2) is 7.73. The van der Waals surface area contributed by atoms with E-state index < -0.39 is 0 Å². The molecule has 1 aromatic rings. The van der Waals surface area contributed by atoms with E-state index in [9.17, 15) is 9.18 Å². The molecule has 1 aliphatic rings. The highest BCUT2D eigenvalue weighted by atomic mass is 35.5. The summed E-state index contributed by atoms with van der Waals surface area (Å²) in [6.45, 7) is 1.73. The van der Waals surface area contributed by atoms with Crippen LogP contribution >= 0.6 is 11.6 Å². The van der Waals surface area contributed by atoms with Crippen molar-refractivity contribution in [3.05, 3.63) is 34.6 Å². The Morgan fingerprint density at radius 3 is 2.81 bits per heavy atom. The van der Waals surface area contributed by atoms with Crippen molar-refractivity contribution in [2.45, 2.75) is 31.8 Å². The third kappa shape index (κ3) is 4.95. The molecule has 1 fully saturated rings. The minimum Gasteiger partial charge on any atom is -0.381 e. The molecule has 6 heteroatoms. The number of carbonyl (C=O) groups excluding carboxylic acids is 1. The van der Waals surface area contributed by atoms with Gasteiger partial charge in [0.15, 0.2) is 0 Å². The Labute approximate surface area is 128 Å². The first kappa shape index (κ1) is 16.2. The van der Waals surface area contributed by atoms with Gasteiger partial charge in [-0.1, -0.05) is 17.7 Å². The molecular weight excluding hydrogens is 295 g/mol. The topological polar surface area (TPSA) is 64.4 Å². The molecule has 1 aromatic carbocycles. The zero-order valence-electron chi connectivity index (χ0n) is 11.8. The van der Waals surface area contributed by atoms with Crippen LogP contribution < -0.4 is 11.1 Å². The zero-order chi connectivity index (χ0) is 15.2. The van der Waals surface area contributed by atoms with Crippen molar-refractivity contribution in [1.82, 2.24) is 5.32 Å². The molecule has 0 radical (unpaired) electrons. The Morgan fingerprint density at radius 1 is 1.48 bits per heavy atom. The number of hydrogen-bond donors (Lipinski definition) is 2. The van der Waals surface area contributed by atoms with E-state index in [1.165, 1.54) is 6.07 Å². The average Bonchev–Trinajstić information content (AvgIpc) is 2.45. The van der Waals surface area contributed by atoms with Crippen LogP contribution in [0.3, 0.4) is 0 Å². The van der Waals surface area contributed by atoms with Crippen LogP contribution in [0.2, 0.25) is 5.02 Å². The maximum Gasteiger partial charge on any atom is 0.218 e. The summed E-state index contributed by atoms with van der Waals surface area (Å²) in [6.07, 6.45) is 2.02. The molecule has 0 bridgehead atoms. The van der Waals surface area contributed by atoms with Crippen molar-refractivity contribution in [2.75, 3.05) is 13.2 Å². The highest BCUT2D eigenvalue weighted by molar-refractivity contribution is 6.30. The number of benzene rings is 1. The molecular formula is C15H20ClFN2O2. The SMILES string of the molecule is NC(=O)C[C@H](NCc1ccc(Cl)cc1F)C1CCOCC1. The first-order chi connectivity index (χ1) is 10.1. The van der Waals surface area contributed by atoms with Crippen LogP contribution in [-0.2, 0) is 16.1 Å². The number of rotatable bonds is 6. The number of carbonyl (C=O) groups is 1. The molecule has 4 nitrogen and oxygen atoms in total. The fourth-order valence-electron chi connectivity index (χ4n) is 2.65. The van der Waals surface area contributed by atoms with Crippen LogP contribution in [0.4, 0.5) is 4.39 Å². The second-order valence-corrected chi connectivity index (χ2v) is 5.78. The molecule has 0 saturated carbocycles. The third-order valence-corrected chi connectivity index (χ3v) is 4.06. The Kier molecular flexibility index (Phi) is 5.96. The van der Waals surface area contributed by atoms with Gasteiger partial charge in [-0.3, -0.25) is 4.79 Å². The maximum atomic E-state index is 13.8. The third-order valence-electron chi connectivity index (χ3n) is 3.83. The van der Waals surface area contributed by atoms with Crippen molar-refractivity contribution in [3.63, 3.8) is 0 Å². The summed E-state index contributed by atoms with van der Waals surface area (Å²) in [5.41, 5.74) is 5.85. The average molecular weight is 315 g/mol. The van der Waals surface area contributed by atoms with Gasteiger partial charge < -0.3 is 15.8 Å². The molecule has 0 aliphatic carbocycles. The smallest absolute Gasteiger partial charge is 0.218 e. The molecule has 2 rings (SSSR count). The summed E-state index contributed by atoms with van der Waals surface area (Å²) in [5.74, 6) is -0.378. The van der Waals surface area contributed by atoms with Crippen LogP contribution in [0.1, 0.15) is 24.8 Å². The van der Waals surface area contributed by atoms with Gasteiger partial charge in [0, 0.05) is 42.8 Å². The molecule has 116 valence electrons. The lowest BCUT2D eigenvalue weighted by atomic mass is 9.89. The standard InChI is InChI=1S/C15H20ClFN2O2/c16-12-2-1-11(13(17)7-12)9-19-14(8-15(18)20)10-3-5-21-6-4-10/h1-2,7,10,14,19H,3-6,8-9H2,(H2,18,20)/t14-/m0/s1. The Bertz CT molecular complexity index is 493. The van der Waals surface area contributed by atoms with Gasteiger partial charge in [-0.2, -0.15) is 0 Å². The van der Waals surface area contributed by atoms with Crippen molar-refractivity contribution in [1.29, 1.82) is 0 Å². The van der Waals surface area contributed by atoms with E-state index >= 15 is 0 Å². The van der Waals surface area contributed by atoms with E-state index in [4.69, 9.17) is 22.1 Å². The molecule has 21 heavy (non-hydrogen) atoms. The summed E-state index contributed by atoms with van der Waals surface area (Å²) >= 11 is 5.73. The van der Waals surface area contributed by atoms with E-state index in [0.717, 1.165) is 12.8 Å². The van der Waals surface area contributed by atoms with Gasteiger partial charge in [0.25, 0.3) is 0 Å². The van der Waals surface area contributed by atoms with E-state index in [2.05, 4.69) is 5.32 Å². The lowest BCUT2D eigenvalue weighted by molar-refractivity contribution is -0.119. The predicted molar refractivity (Wildman–Crippen MR) is 79.4 cm³/mol. The molecule has 1 heterocycles. The Balaban J connectivity index is 1.98. The van der Waals surface area contributed by atoms with E-state index in [1.54, 1.807) is 12.1 Å². The fraction of sp³-hybridized carbons (Fsp3) is 0.533. The number of amides is 1. The Morgan fingerprint density at radius 2 is 2.19 bits per heavy atom. The second-order valence-electron chi connectivity index (χ2n) is 5.34. The van der Waals surface area contributed by atoms with Gasteiger partial charge >= 0.3 is 0 Å². The van der Waals surface area contributed by atoms with Crippen LogP contribution in [0, 0.1) is 11.7 Å². The molecule has 1 aliphatic heterocycles. The summed E-state index contributed by atoms with van der Waals surface area (Å²) in [4.78, 5) is 11.2. The lowest BCUT2D eigenvalue weighted by Crippen LogP contribution is -2.41. The minimum absolute atomic E-state index is 0.0542. The van der Waals surface area contributed by atoms with Gasteiger partial charge in [-0.05, 0) is 30.9 Å². The van der Waals surface area contributed by atoms with Crippen molar-refractivity contribution >= 4 is 17.5 Å². The Hall–Kier alpha value is -1.17. The summed E-state index contributed by atoms with van der Waals surface area (Å²) < 4.78 is 19.1. The van der Waals surface area contributed by atoms with Gasteiger partial charge in [0.1, 0.15) is 5.82 Å². The fourth-order valence-corrected chi connectivity index (χ4v) is 2.81. The van der Waals surface area contributed by atoms with Crippen LogP contribution in [0.15, 0.2) is 18.2 Å². The van der Waals surface area contributed by atoms with Gasteiger partial charge in [0.2, 0.25) is 5.91 Å². The summed E-state index contributed by atoms with van der Waals surface area (Å²) in [7, 11) is 0. The normalized spacial score (nSPS) is 17.6. The molecule has 1 amide bonds. The molecule has 0 spiro atoms. The number of primary amides is 1. The number of nitrogens with one attached hydrogen (secondary N) is 1. The number of hydrogen-bond acceptors (Lipinski definition) is 3. The van der Waals surface area contributed by atoms with Crippen molar-refractivity contribution in [2.24, 2.45) is 11.7 Å². The van der Waals surface area contributed by atoms with Crippen LogP contribution in [-0.4, -0.2) is 25.2 Å².